The van der Waals surface area contributed by atoms with Crippen molar-refractivity contribution in [2.45, 2.75) is 23.3 Å². The van der Waals surface area contributed by atoms with Crippen LogP contribution in [-0.2, 0) is 16.4 Å². The molecule has 0 aliphatic heterocycles. The first kappa shape index (κ1) is 19.3. The molecule has 0 radical (unpaired) electrons. The van der Waals surface area contributed by atoms with Gasteiger partial charge in [-0.2, -0.15) is 0 Å². The molecule has 0 spiro atoms. The van der Waals surface area contributed by atoms with E-state index < -0.39 is 9.84 Å². The molecule has 7 heteroatoms. The minimum Gasteiger partial charge on any atom is -0.384 e. The Morgan fingerprint density at radius 1 is 0.839 bits per heavy atom. The Morgan fingerprint density at radius 2 is 1.45 bits per heavy atom. The molecule has 0 fully saturated rings. The lowest BCUT2D eigenvalue weighted by Crippen LogP contribution is -2.09. The summed E-state index contributed by atoms with van der Waals surface area (Å²) in [5.74, 6) is 0.134. The summed E-state index contributed by atoms with van der Waals surface area (Å²) in [7, 11) is -3.89. The zero-order valence-corrected chi connectivity index (χ0v) is 17.7. The Kier molecular flexibility index (Phi) is 4.48. The Labute approximate surface area is 179 Å². The summed E-state index contributed by atoms with van der Waals surface area (Å²) in [5.41, 5.74) is 10.7. The van der Waals surface area contributed by atoms with Crippen molar-refractivity contribution in [1.29, 1.82) is 0 Å². The maximum absolute atomic E-state index is 13.6. The number of anilines is 1. The number of nitrogen functional groups attached to an aromatic ring is 1. The summed E-state index contributed by atoms with van der Waals surface area (Å²) in [6.07, 6.45) is 0. The van der Waals surface area contributed by atoms with Gasteiger partial charge < -0.3 is 10.3 Å². The van der Waals surface area contributed by atoms with Gasteiger partial charge in [-0.05, 0) is 36.8 Å². The van der Waals surface area contributed by atoms with Crippen molar-refractivity contribution >= 4 is 37.9 Å². The van der Waals surface area contributed by atoms with Gasteiger partial charge in [0.1, 0.15) is 16.2 Å². The number of rotatable bonds is 4. The average Bonchev–Trinajstić information content (AvgIpc) is 3.05. The quantitative estimate of drug-likeness (QED) is 0.459. The summed E-state index contributed by atoms with van der Waals surface area (Å²) in [6, 6.07) is 23.7. The van der Waals surface area contributed by atoms with Crippen LogP contribution in [-0.4, -0.2) is 23.0 Å². The molecule has 154 valence electrons. The lowest BCUT2D eigenvalue weighted by Gasteiger charge is -2.09. The Hall–Kier alpha value is -3.71. The highest BCUT2D eigenvalue weighted by atomic mass is 32.2. The van der Waals surface area contributed by atoms with E-state index in [-0.39, 0.29) is 21.1 Å². The molecule has 0 unspecified atom stereocenters. The molecule has 0 bridgehead atoms. The Balaban J connectivity index is 1.81. The van der Waals surface area contributed by atoms with Gasteiger partial charge in [0.15, 0.2) is 5.65 Å². The molecule has 2 aromatic heterocycles. The highest BCUT2D eigenvalue weighted by Gasteiger charge is 2.30. The third kappa shape index (κ3) is 3.23. The van der Waals surface area contributed by atoms with E-state index in [2.05, 4.69) is 4.98 Å². The molecule has 31 heavy (non-hydrogen) atoms. The molecule has 5 rings (SSSR count). The van der Waals surface area contributed by atoms with Gasteiger partial charge in [-0.1, -0.05) is 60.2 Å². The van der Waals surface area contributed by atoms with Crippen LogP contribution >= 0.6 is 0 Å². The van der Waals surface area contributed by atoms with E-state index in [1.54, 1.807) is 34.9 Å². The Morgan fingerprint density at radius 3 is 2.13 bits per heavy atom. The van der Waals surface area contributed by atoms with E-state index in [1.165, 1.54) is 0 Å². The minimum atomic E-state index is -3.89. The largest absolute Gasteiger partial charge is 0.384 e. The third-order valence-corrected chi connectivity index (χ3v) is 7.16. The molecule has 0 aliphatic carbocycles. The van der Waals surface area contributed by atoms with E-state index >= 15 is 0 Å². The third-order valence-electron chi connectivity index (χ3n) is 5.33. The molecular weight excluding hydrogens is 408 g/mol. The second-order valence-corrected chi connectivity index (χ2v) is 9.37. The molecule has 6 nitrogen and oxygen atoms in total. The van der Waals surface area contributed by atoms with Crippen molar-refractivity contribution in [2.75, 3.05) is 5.73 Å². The standard InChI is InChI=1S/C24H20N4O2S/c1-16-11-13-17(14-12-16)15-28-23(25)22(31(29,30)18-7-3-2-4-8-18)21-24(28)27-20-10-6-5-9-19(20)26-21/h2-14H,15,25H2,1H3. The molecule has 0 atom stereocenters. The lowest BCUT2D eigenvalue weighted by molar-refractivity contribution is 0.597. The number of aryl methyl sites for hydroxylation is 1. The van der Waals surface area contributed by atoms with Crippen LogP contribution in [0.25, 0.3) is 22.2 Å². The van der Waals surface area contributed by atoms with Crippen LogP contribution in [0.5, 0.6) is 0 Å². The Bertz CT molecular complexity index is 1520. The van der Waals surface area contributed by atoms with E-state index in [4.69, 9.17) is 10.7 Å². The summed E-state index contributed by atoms with van der Waals surface area (Å²) in [5, 5.41) is 0. The van der Waals surface area contributed by atoms with Gasteiger partial charge in [0.05, 0.1) is 22.5 Å². The van der Waals surface area contributed by atoms with Crippen molar-refractivity contribution in [3.63, 3.8) is 0 Å². The zero-order valence-electron chi connectivity index (χ0n) is 16.9. The van der Waals surface area contributed by atoms with Gasteiger partial charge in [-0.3, -0.25) is 0 Å². The zero-order chi connectivity index (χ0) is 21.6. The fraction of sp³-hybridized carbons (Fsp3) is 0.0833. The van der Waals surface area contributed by atoms with Crippen LogP contribution in [0.3, 0.4) is 0 Å². The topological polar surface area (TPSA) is 90.9 Å². The molecule has 0 amide bonds. The van der Waals surface area contributed by atoms with E-state index in [0.29, 0.717) is 23.2 Å². The van der Waals surface area contributed by atoms with Crippen molar-refractivity contribution in [3.8, 4) is 0 Å². The highest BCUT2D eigenvalue weighted by Crippen LogP contribution is 2.35. The molecule has 3 aromatic carbocycles. The van der Waals surface area contributed by atoms with Crippen molar-refractivity contribution in [2.24, 2.45) is 0 Å². The smallest absolute Gasteiger partial charge is 0.212 e. The number of nitrogens with zero attached hydrogens (tertiary/aromatic N) is 3. The minimum absolute atomic E-state index is 0.000866. The molecule has 0 saturated carbocycles. The van der Waals surface area contributed by atoms with Gasteiger partial charge in [0, 0.05) is 0 Å². The van der Waals surface area contributed by atoms with Crippen LogP contribution in [0, 0.1) is 6.92 Å². The molecule has 2 N–H and O–H groups in total. The molecule has 5 aromatic rings. The van der Waals surface area contributed by atoms with Crippen LogP contribution in [0.4, 0.5) is 5.82 Å². The number of hydrogen-bond acceptors (Lipinski definition) is 5. The van der Waals surface area contributed by atoms with Crippen molar-refractivity contribution in [1.82, 2.24) is 14.5 Å². The van der Waals surface area contributed by atoms with Gasteiger partial charge in [0.2, 0.25) is 9.84 Å². The summed E-state index contributed by atoms with van der Waals surface area (Å²) < 4.78 is 28.8. The first-order valence-electron chi connectivity index (χ1n) is 9.85. The summed E-state index contributed by atoms with van der Waals surface area (Å²) in [4.78, 5) is 9.57. The summed E-state index contributed by atoms with van der Waals surface area (Å²) >= 11 is 0. The first-order valence-corrected chi connectivity index (χ1v) is 11.3. The predicted octanol–water partition coefficient (Wildman–Crippen LogP) is 4.36. The van der Waals surface area contributed by atoms with Gasteiger partial charge in [0.25, 0.3) is 0 Å². The van der Waals surface area contributed by atoms with Gasteiger partial charge >= 0.3 is 0 Å². The van der Waals surface area contributed by atoms with Gasteiger partial charge in [-0.25, -0.2) is 18.4 Å². The number of para-hydroxylation sites is 2. The maximum atomic E-state index is 13.6. The van der Waals surface area contributed by atoms with E-state index in [1.807, 2.05) is 55.5 Å². The van der Waals surface area contributed by atoms with Crippen LogP contribution in [0.15, 0.2) is 88.7 Å². The first-order chi connectivity index (χ1) is 14.9. The highest BCUT2D eigenvalue weighted by molar-refractivity contribution is 7.92. The molecule has 2 heterocycles. The molecular formula is C24H20N4O2S. The van der Waals surface area contributed by atoms with Crippen LogP contribution in [0.2, 0.25) is 0 Å². The SMILES string of the molecule is Cc1ccc(Cn2c(N)c(S(=O)(=O)c3ccccc3)c3nc4ccccc4nc32)cc1. The number of benzene rings is 3. The maximum Gasteiger partial charge on any atom is 0.212 e. The monoisotopic (exact) mass is 428 g/mol. The molecule has 0 aliphatic rings. The van der Waals surface area contributed by atoms with E-state index in [0.717, 1.165) is 11.1 Å². The predicted molar refractivity (Wildman–Crippen MR) is 122 cm³/mol. The second kappa shape index (κ2) is 7.21. The summed E-state index contributed by atoms with van der Waals surface area (Å²) in [6.45, 7) is 2.41. The van der Waals surface area contributed by atoms with Crippen molar-refractivity contribution < 1.29 is 8.42 Å². The fourth-order valence-corrected chi connectivity index (χ4v) is 5.24. The number of nitrogens with two attached hydrogens (primary N) is 1. The van der Waals surface area contributed by atoms with Crippen LogP contribution in [0.1, 0.15) is 11.1 Å². The van der Waals surface area contributed by atoms with Crippen molar-refractivity contribution in [3.05, 3.63) is 90.0 Å². The molecule has 0 saturated heterocycles. The average molecular weight is 429 g/mol. The number of sulfone groups is 1. The van der Waals surface area contributed by atoms with E-state index in [9.17, 15) is 8.42 Å². The number of aromatic nitrogens is 3. The fourth-order valence-electron chi connectivity index (χ4n) is 3.71. The van der Waals surface area contributed by atoms with Gasteiger partial charge in [-0.15, -0.1) is 0 Å². The number of hydrogen-bond donors (Lipinski definition) is 1. The van der Waals surface area contributed by atoms with Crippen LogP contribution < -0.4 is 5.73 Å². The normalized spacial score (nSPS) is 11.9. The lowest BCUT2D eigenvalue weighted by atomic mass is 10.1. The second-order valence-electron chi connectivity index (χ2n) is 7.49. The number of fused-ring (bicyclic) bond motifs is 2.